The van der Waals surface area contributed by atoms with Gasteiger partial charge in [0.25, 0.3) is 0 Å². The van der Waals surface area contributed by atoms with E-state index in [0.29, 0.717) is 50.5 Å². The molecule has 5 saturated carbocycles. The molecule has 5 aliphatic carbocycles. The fourth-order valence-corrected chi connectivity index (χ4v) is 6.65. The van der Waals surface area contributed by atoms with Crippen molar-refractivity contribution in [3.05, 3.63) is 12.2 Å². The maximum absolute atomic E-state index is 13.5. The van der Waals surface area contributed by atoms with Crippen molar-refractivity contribution in [2.24, 2.45) is 17.3 Å². The summed E-state index contributed by atoms with van der Waals surface area (Å²) in [6, 6.07) is 0. The molecule has 0 aromatic heterocycles. The van der Waals surface area contributed by atoms with Crippen molar-refractivity contribution in [3.63, 3.8) is 0 Å². The smallest absolute Gasteiger partial charge is 0.333 e. The molecule has 5 rings (SSSR count). The van der Waals surface area contributed by atoms with E-state index < -0.39 is 22.6 Å². The molecule has 0 spiro atoms. The highest BCUT2D eigenvalue weighted by molar-refractivity contribution is 5.93. The molecule has 5 aliphatic rings. The largest absolute Gasteiger partial charge is 0.456 e. The van der Waals surface area contributed by atoms with E-state index in [2.05, 4.69) is 6.58 Å². The third-order valence-corrected chi connectivity index (χ3v) is 7.02. The monoisotopic (exact) mass is 360 g/mol. The highest BCUT2D eigenvalue weighted by Crippen LogP contribution is 2.65. The first-order valence-corrected chi connectivity index (χ1v) is 9.82. The second-order valence-electron chi connectivity index (χ2n) is 9.56. The van der Waals surface area contributed by atoms with E-state index in [1.54, 1.807) is 6.92 Å². The van der Waals surface area contributed by atoms with Crippen molar-refractivity contribution in [3.8, 4) is 0 Å². The van der Waals surface area contributed by atoms with Crippen LogP contribution in [0.4, 0.5) is 0 Å². The van der Waals surface area contributed by atoms with Crippen LogP contribution in [0.2, 0.25) is 0 Å². The lowest BCUT2D eigenvalue weighted by Crippen LogP contribution is -2.66. The van der Waals surface area contributed by atoms with Crippen LogP contribution in [0.25, 0.3) is 0 Å². The number of ether oxygens (including phenoxy) is 1. The Kier molecular flexibility index (Phi) is 3.96. The van der Waals surface area contributed by atoms with Gasteiger partial charge in [0.15, 0.2) is 0 Å². The topological polar surface area (TPSA) is 80.7 Å². The standard InChI is InChI=1S/C21H28O5/c1-13(2)18(24)26-21-9-14-7-19(11-21,10-20(25,8-14)12-21)17(23)15-4-3-5-16(22)6-15/h14-15,25H,1,3-12H2,2H3. The van der Waals surface area contributed by atoms with E-state index in [0.717, 1.165) is 19.3 Å². The first-order valence-electron chi connectivity index (χ1n) is 9.82. The van der Waals surface area contributed by atoms with Gasteiger partial charge in [-0.3, -0.25) is 9.59 Å². The number of Topliss-reactive ketones (excluding diaryl/α,β-unsaturated/α-hetero) is 2. The molecule has 5 unspecified atom stereocenters. The van der Waals surface area contributed by atoms with E-state index in [4.69, 9.17) is 4.74 Å². The number of aliphatic hydroxyl groups is 1. The molecule has 4 bridgehead atoms. The number of esters is 1. The van der Waals surface area contributed by atoms with Crippen LogP contribution in [0.15, 0.2) is 12.2 Å². The second-order valence-corrected chi connectivity index (χ2v) is 9.56. The van der Waals surface area contributed by atoms with Crippen LogP contribution in [0.3, 0.4) is 0 Å². The molecule has 0 aromatic carbocycles. The third-order valence-electron chi connectivity index (χ3n) is 7.02. The Morgan fingerprint density at radius 1 is 1.19 bits per heavy atom. The van der Waals surface area contributed by atoms with E-state index in [9.17, 15) is 19.5 Å². The maximum Gasteiger partial charge on any atom is 0.333 e. The van der Waals surface area contributed by atoms with Crippen LogP contribution in [-0.2, 0) is 19.1 Å². The van der Waals surface area contributed by atoms with Gasteiger partial charge in [-0.1, -0.05) is 6.58 Å². The van der Waals surface area contributed by atoms with Gasteiger partial charge in [0, 0.05) is 36.2 Å². The fraction of sp³-hybridized carbons (Fsp3) is 0.762. The van der Waals surface area contributed by atoms with Crippen molar-refractivity contribution in [1.29, 1.82) is 0 Å². The highest BCUT2D eigenvalue weighted by Gasteiger charge is 2.67. The van der Waals surface area contributed by atoms with Gasteiger partial charge in [0.1, 0.15) is 17.2 Å². The zero-order valence-electron chi connectivity index (χ0n) is 15.5. The summed E-state index contributed by atoms with van der Waals surface area (Å²) in [6.07, 6.45) is 5.94. The minimum Gasteiger partial charge on any atom is -0.456 e. The molecule has 0 aliphatic heterocycles. The zero-order chi connectivity index (χ0) is 18.7. The van der Waals surface area contributed by atoms with Crippen LogP contribution in [0.5, 0.6) is 0 Å². The van der Waals surface area contributed by atoms with Gasteiger partial charge in [-0.05, 0) is 57.8 Å². The Morgan fingerprint density at radius 3 is 2.62 bits per heavy atom. The molecule has 0 saturated heterocycles. The lowest BCUT2D eigenvalue weighted by atomic mass is 9.44. The van der Waals surface area contributed by atoms with Gasteiger partial charge < -0.3 is 9.84 Å². The first-order chi connectivity index (χ1) is 12.1. The minimum atomic E-state index is -0.941. The fourth-order valence-electron chi connectivity index (χ4n) is 6.65. The van der Waals surface area contributed by atoms with E-state index >= 15 is 0 Å². The summed E-state index contributed by atoms with van der Waals surface area (Å²) < 4.78 is 5.84. The summed E-state index contributed by atoms with van der Waals surface area (Å²) in [6.45, 7) is 5.28. The molecular formula is C21H28O5. The van der Waals surface area contributed by atoms with E-state index in [1.807, 2.05) is 0 Å². The lowest BCUT2D eigenvalue weighted by Gasteiger charge is -2.63. The van der Waals surface area contributed by atoms with E-state index in [-0.39, 0.29) is 23.4 Å². The zero-order valence-corrected chi connectivity index (χ0v) is 15.5. The Hall–Kier alpha value is -1.49. The van der Waals surface area contributed by atoms with Crippen molar-refractivity contribution < 1.29 is 24.2 Å². The summed E-state index contributed by atoms with van der Waals surface area (Å²) in [5, 5.41) is 11.2. The highest BCUT2D eigenvalue weighted by atomic mass is 16.6. The van der Waals surface area contributed by atoms with Gasteiger partial charge in [0.2, 0.25) is 0 Å². The molecule has 0 radical (unpaired) electrons. The summed E-state index contributed by atoms with van der Waals surface area (Å²) >= 11 is 0. The first kappa shape index (κ1) is 17.9. The SMILES string of the molecule is C=C(C)C(=O)OC12CC3CC(O)(C1)CC(C(=O)C1CCCC(=O)C1)(C3)C2. The number of carbonyl (C=O) groups excluding carboxylic acids is 3. The van der Waals surface area contributed by atoms with Crippen LogP contribution >= 0.6 is 0 Å². The number of hydrogen-bond donors (Lipinski definition) is 1. The lowest BCUT2D eigenvalue weighted by molar-refractivity contribution is -0.239. The van der Waals surface area contributed by atoms with Crippen LogP contribution < -0.4 is 0 Å². The Balaban J connectivity index is 1.64. The molecule has 142 valence electrons. The third kappa shape index (κ3) is 2.84. The van der Waals surface area contributed by atoms with Crippen LogP contribution in [-0.4, -0.2) is 33.8 Å². The van der Waals surface area contributed by atoms with Crippen molar-refractivity contribution in [2.45, 2.75) is 82.3 Å². The molecular weight excluding hydrogens is 332 g/mol. The molecule has 5 fully saturated rings. The number of ketones is 2. The summed E-state index contributed by atoms with van der Waals surface area (Å²) in [4.78, 5) is 37.6. The van der Waals surface area contributed by atoms with Crippen molar-refractivity contribution >= 4 is 17.5 Å². The van der Waals surface area contributed by atoms with Gasteiger partial charge in [-0.15, -0.1) is 0 Å². The summed E-state index contributed by atoms with van der Waals surface area (Å²) in [7, 11) is 0. The molecule has 1 N–H and O–H groups in total. The normalized spacial score (nSPS) is 44.0. The predicted octanol–water partition coefficient (Wildman–Crippen LogP) is 2.89. The Labute approximate surface area is 154 Å². The average Bonchev–Trinajstić information content (AvgIpc) is 2.51. The van der Waals surface area contributed by atoms with Gasteiger partial charge in [-0.2, -0.15) is 0 Å². The molecule has 5 heteroatoms. The average molecular weight is 360 g/mol. The van der Waals surface area contributed by atoms with Gasteiger partial charge in [0.05, 0.1) is 5.60 Å². The molecule has 5 atom stereocenters. The Morgan fingerprint density at radius 2 is 1.96 bits per heavy atom. The molecule has 26 heavy (non-hydrogen) atoms. The molecule has 0 amide bonds. The predicted molar refractivity (Wildman–Crippen MR) is 94.2 cm³/mol. The van der Waals surface area contributed by atoms with Gasteiger partial charge >= 0.3 is 5.97 Å². The van der Waals surface area contributed by atoms with E-state index in [1.165, 1.54) is 0 Å². The summed E-state index contributed by atoms with van der Waals surface area (Å²) in [5.74, 6) is -0.182. The molecule has 0 heterocycles. The molecule has 5 nitrogen and oxygen atoms in total. The quantitative estimate of drug-likeness (QED) is 0.616. The summed E-state index contributed by atoms with van der Waals surface area (Å²) in [5.41, 5.74) is -2.01. The van der Waals surface area contributed by atoms with Gasteiger partial charge in [-0.25, -0.2) is 4.79 Å². The molecule has 0 aromatic rings. The van der Waals surface area contributed by atoms with Crippen LogP contribution in [0, 0.1) is 17.3 Å². The Bertz CT molecular complexity index is 697. The van der Waals surface area contributed by atoms with Crippen molar-refractivity contribution in [2.75, 3.05) is 0 Å². The number of hydrogen-bond acceptors (Lipinski definition) is 5. The number of carbonyl (C=O) groups is 3. The second kappa shape index (κ2) is 5.75. The minimum absolute atomic E-state index is 0.129. The van der Waals surface area contributed by atoms with Crippen molar-refractivity contribution in [1.82, 2.24) is 0 Å². The van der Waals surface area contributed by atoms with Crippen LogP contribution in [0.1, 0.15) is 71.1 Å². The number of rotatable bonds is 4. The maximum atomic E-state index is 13.5.